The quantitative estimate of drug-likeness (QED) is 0.477. The molecule has 1 aromatic carbocycles. The van der Waals surface area contributed by atoms with Gasteiger partial charge in [-0.3, -0.25) is 0 Å². The van der Waals surface area contributed by atoms with Crippen molar-refractivity contribution in [3.63, 3.8) is 0 Å². The third kappa shape index (κ3) is 5.81. The summed E-state index contributed by atoms with van der Waals surface area (Å²) >= 11 is 0. The van der Waals surface area contributed by atoms with E-state index >= 15 is 0 Å². The van der Waals surface area contributed by atoms with Crippen molar-refractivity contribution in [3.8, 4) is 5.75 Å². The van der Waals surface area contributed by atoms with Gasteiger partial charge in [-0.05, 0) is 32.1 Å². The number of para-hydroxylation sites is 2. The number of ether oxygens (including phenoxy) is 1. The van der Waals surface area contributed by atoms with Crippen LogP contribution in [0.1, 0.15) is 27.7 Å². The van der Waals surface area contributed by atoms with Gasteiger partial charge in [0.15, 0.2) is 0 Å². The largest absolute Gasteiger partial charge is 0.460 e. The molecule has 1 rings (SSSR count). The summed E-state index contributed by atoms with van der Waals surface area (Å²) < 4.78 is 5.69. The smallest absolute Gasteiger partial charge is 0.149 e. The standard InChI is InChI=1S/C12H17NO.C3H6/c1-4-11(9(2)3)14-12-8-6-5-7-10(12)13;1-3-2/h4-9H,13H2,1-3H3;3H,1H2,2H3/b11-4+;. The van der Waals surface area contributed by atoms with E-state index in [1.807, 2.05) is 44.2 Å². The van der Waals surface area contributed by atoms with Gasteiger partial charge < -0.3 is 10.5 Å². The van der Waals surface area contributed by atoms with Crippen LogP contribution in [0.15, 0.2) is 48.8 Å². The minimum atomic E-state index is 0.375. The van der Waals surface area contributed by atoms with Gasteiger partial charge in [0.2, 0.25) is 0 Å². The molecule has 0 atom stereocenters. The van der Waals surface area contributed by atoms with Gasteiger partial charge in [0, 0.05) is 5.92 Å². The zero-order chi connectivity index (χ0) is 13.3. The molecule has 2 N–H and O–H groups in total. The Bertz CT molecular complexity index is 367. The van der Waals surface area contributed by atoms with Crippen LogP contribution in [0.3, 0.4) is 0 Å². The topological polar surface area (TPSA) is 35.2 Å². The van der Waals surface area contributed by atoms with Crippen LogP contribution in [0.4, 0.5) is 5.69 Å². The highest BCUT2D eigenvalue weighted by Crippen LogP contribution is 2.24. The monoisotopic (exact) mass is 233 g/mol. The Kier molecular flexibility index (Phi) is 7.61. The molecule has 0 aromatic heterocycles. The first kappa shape index (κ1) is 15.3. The fourth-order valence-electron chi connectivity index (χ4n) is 1.21. The molecule has 2 heteroatoms. The van der Waals surface area contributed by atoms with Crippen molar-refractivity contribution in [2.75, 3.05) is 5.73 Å². The maximum atomic E-state index is 5.77. The summed E-state index contributed by atoms with van der Waals surface area (Å²) in [6.07, 6.45) is 3.72. The fourth-order valence-corrected chi connectivity index (χ4v) is 1.21. The molecule has 0 radical (unpaired) electrons. The highest BCUT2D eigenvalue weighted by molar-refractivity contribution is 5.52. The van der Waals surface area contributed by atoms with Crippen LogP contribution < -0.4 is 10.5 Å². The first-order chi connectivity index (χ1) is 8.06. The van der Waals surface area contributed by atoms with E-state index in [2.05, 4.69) is 20.4 Å². The van der Waals surface area contributed by atoms with Gasteiger partial charge in [-0.15, -0.1) is 6.58 Å². The van der Waals surface area contributed by atoms with E-state index in [0.717, 1.165) is 11.5 Å². The Labute approximate surface area is 105 Å². The lowest BCUT2D eigenvalue weighted by atomic mass is 10.1. The molecule has 1 aromatic rings. The predicted octanol–water partition coefficient (Wildman–Crippen LogP) is 4.40. The minimum Gasteiger partial charge on any atom is -0.460 e. The van der Waals surface area contributed by atoms with Crippen LogP contribution in [-0.4, -0.2) is 0 Å². The molecule has 0 aliphatic rings. The van der Waals surface area contributed by atoms with Crippen molar-refractivity contribution in [2.24, 2.45) is 5.92 Å². The van der Waals surface area contributed by atoms with Gasteiger partial charge in [-0.25, -0.2) is 0 Å². The molecular formula is C15H23NO. The van der Waals surface area contributed by atoms with Crippen molar-refractivity contribution < 1.29 is 4.74 Å². The number of nitrogens with two attached hydrogens (primary N) is 1. The molecule has 0 saturated heterocycles. The summed E-state index contributed by atoms with van der Waals surface area (Å²) in [4.78, 5) is 0. The van der Waals surface area contributed by atoms with Crippen LogP contribution in [-0.2, 0) is 0 Å². The van der Waals surface area contributed by atoms with Crippen molar-refractivity contribution in [2.45, 2.75) is 27.7 Å². The van der Waals surface area contributed by atoms with Gasteiger partial charge in [0.25, 0.3) is 0 Å². The van der Waals surface area contributed by atoms with E-state index in [-0.39, 0.29) is 0 Å². The number of nitrogen functional groups attached to an aromatic ring is 1. The zero-order valence-electron chi connectivity index (χ0n) is 11.2. The first-order valence-corrected chi connectivity index (χ1v) is 5.82. The van der Waals surface area contributed by atoms with Crippen molar-refractivity contribution in [1.82, 2.24) is 0 Å². The number of hydrogen-bond acceptors (Lipinski definition) is 2. The lowest BCUT2D eigenvalue weighted by Gasteiger charge is -2.14. The van der Waals surface area contributed by atoms with Crippen LogP contribution in [0.2, 0.25) is 0 Å². The number of allylic oxidation sites excluding steroid dienone is 3. The zero-order valence-corrected chi connectivity index (χ0v) is 11.2. The number of anilines is 1. The highest BCUT2D eigenvalue weighted by atomic mass is 16.5. The lowest BCUT2D eigenvalue weighted by molar-refractivity contribution is 0.369. The van der Waals surface area contributed by atoms with Crippen molar-refractivity contribution in [3.05, 3.63) is 48.8 Å². The summed E-state index contributed by atoms with van der Waals surface area (Å²) in [5, 5.41) is 0. The van der Waals surface area contributed by atoms with E-state index in [0.29, 0.717) is 11.6 Å². The van der Waals surface area contributed by atoms with Crippen LogP contribution in [0.25, 0.3) is 0 Å². The molecule has 0 bridgehead atoms. The molecule has 94 valence electrons. The average Bonchev–Trinajstić information content (AvgIpc) is 2.28. The Morgan fingerprint density at radius 2 is 1.82 bits per heavy atom. The molecule has 0 aliphatic heterocycles. The Balaban J connectivity index is 0.000000770. The number of rotatable bonds is 3. The van der Waals surface area contributed by atoms with Gasteiger partial charge in [0.05, 0.1) is 5.69 Å². The van der Waals surface area contributed by atoms with Crippen molar-refractivity contribution in [1.29, 1.82) is 0 Å². The molecule has 0 heterocycles. The SMILES string of the molecule is C/C=C(/Oc1ccccc1N)C(C)C.C=CC. The molecule has 2 nitrogen and oxygen atoms in total. The van der Waals surface area contributed by atoms with Crippen LogP contribution >= 0.6 is 0 Å². The van der Waals surface area contributed by atoms with Crippen LogP contribution in [0, 0.1) is 5.92 Å². The van der Waals surface area contributed by atoms with E-state index in [9.17, 15) is 0 Å². The molecule has 0 amide bonds. The molecular weight excluding hydrogens is 210 g/mol. The molecule has 0 unspecified atom stereocenters. The molecule has 0 aliphatic carbocycles. The first-order valence-electron chi connectivity index (χ1n) is 5.82. The van der Waals surface area contributed by atoms with E-state index in [1.165, 1.54) is 0 Å². The normalized spacial score (nSPS) is 10.5. The maximum Gasteiger partial charge on any atom is 0.149 e. The number of hydrogen-bond donors (Lipinski definition) is 1. The van der Waals surface area contributed by atoms with Crippen LogP contribution in [0.5, 0.6) is 5.75 Å². The van der Waals surface area contributed by atoms with E-state index in [1.54, 1.807) is 6.08 Å². The summed E-state index contributed by atoms with van der Waals surface area (Å²) in [7, 11) is 0. The second-order valence-corrected chi connectivity index (χ2v) is 3.89. The summed E-state index contributed by atoms with van der Waals surface area (Å²) in [5.74, 6) is 2.05. The highest BCUT2D eigenvalue weighted by Gasteiger charge is 2.06. The molecule has 17 heavy (non-hydrogen) atoms. The van der Waals surface area contributed by atoms with Gasteiger partial charge in [0.1, 0.15) is 11.5 Å². The summed E-state index contributed by atoms with van der Waals surface area (Å²) in [6.45, 7) is 11.4. The van der Waals surface area contributed by atoms with Gasteiger partial charge in [-0.2, -0.15) is 0 Å². The third-order valence-corrected chi connectivity index (χ3v) is 2.00. The second-order valence-electron chi connectivity index (χ2n) is 3.89. The lowest BCUT2D eigenvalue weighted by Crippen LogP contribution is -2.04. The maximum absolute atomic E-state index is 5.77. The summed E-state index contributed by atoms with van der Waals surface area (Å²) in [6, 6.07) is 7.52. The molecule has 0 fully saturated rings. The Hall–Kier alpha value is -1.70. The Morgan fingerprint density at radius 1 is 1.29 bits per heavy atom. The average molecular weight is 233 g/mol. The third-order valence-electron chi connectivity index (χ3n) is 2.00. The molecule has 0 spiro atoms. The summed E-state index contributed by atoms with van der Waals surface area (Å²) in [5.41, 5.74) is 6.45. The fraction of sp³-hybridized carbons (Fsp3) is 0.333. The number of benzene rings is 1. The Morgan fingerprint density at radius 3 is 2.24 bits per heavy atom. The van der Waals surface area contributed by atoms with Crippen molar-refractivity contribution >= 4 is 5.69 Å². The second kappa shape index (κ2) is 8.45. The molecule has 0 saturated carbocycles. The predicted molar refractivity (Wildman–Crippen MR) is 75.9 cm³/mol. The van der Waals surface area contributed by atoms with Gasteiger partial charge >= 0.3 is 0 Å². The minimum absolute atomic E-state index is 0.375. The van der Waals surface area contributed by atoms with Gasteiger partial charge in [-0.1, -0.05) is 32.1 Å². The van der Waals surface area contributed by atoms with E-state index < -0.39 is 0 Å². The van der Waals surface area contributed by atoms with E-state index in [4.69, 9.17) is 10.5 Å².